The Morgan fingerprint density at radius 3 is 2.85 bits per heavy atom. The number of anilines is 1. The van der Waals surface area contributed by atoms with Gasteiger partial charge in [-0.3, -0.25) is 14.6 Å². The third kappa shape index (κ3) is 4.36. The highest BCUT2D eigenvalue weighted by atomic mass is 16.4. The van der Waals surface area contributed by atoms with E-state index in [0.29, 0.717) is 30.9 Å². The molecule has 1 aliphatic rings. The maximum Gasteiger partial charge on any atom is 0.306 e. The minimum atomic E-state index is -0.756. The number of unbranched alkanes of at least 4 members (excludes halogenated alkanes) is 1. The van der Waals surface area contributed by atoms with Crippen LogP contribution in [0.3, 0.4) is 0 Å². The molecule has 0 bridgehead atoms. The minimum absolute atomic E-state index is 0.103. The number of carbonyl (C=O) groups is 2. The number of aromatic nitrogens is 2. The van der Waals surface area contributed by atoms with Crippen molar-refractivity contribution < 1.29 is 14.7 Å². The van der Waals surface area contributed by atoms with Crippen molar-refractivity contribution in [1.82, 2.24) is 9.55 Å². The summed E-state index contributed by atoms with van der Waals surface area (Å²) >= 11 is 0. The lowest BCUT2D eigenvalue weighted by Crippen LogP contribution is -2.16. The Morgan fingerprint density at radius 2 is 2.08 bits per heavy atom. The fraction of sp³-hybridized carbons (Fsp3) is 0.368. The summed E-state index contributed by atoms with van der Waals surface area (Å²) in [4.78, 5) is 31.5. The first-order chi connectivity index (χ1) is 12.6. The van der Waals surface area contributed by atoms with Gasteiger partial charge in [0, 0.05) is 6.54 Å². The van der Waals surface area contributed by atoms with Gasteiger partial charge in [0.1, 0.15) is 12.4 Å². The van der Waals surface area contributed by atoms with Gasteiger partial charge in [-0.2, -0.15) is 0 Å². The summed E-state index contributed by atoms with van der Waals surface area (Å²) in [6.45, 7) is 0.783. The predicted octanol–water partition coefficient (Wildman–Crippen LogP) is 2.63. The van der Waals surface area contributed by atoms with Crippen molar-refractivity contribution in [3.8, 4) is 0 Å². The normalized spacial score (nSPS) is 14.4. The number of Topliss-reactive ketones (excluding diaryl/α,β-unsaturated/α-hetero) is 1. The monoisotopic (exact) mass is 354 g/mol. The number of carboxylic acid groups (broad SMARTS) is 1. The Labute approximate surface area is 151 Å². The summed E-state index contributed by atoms with van der Waals surface area (Å²) in [5.74, 6) is -0.581. The Hall–Kier alpha value is -2.96. The number of aliphatic imine (C=N–C) groups is 1. The molecule has 136 valence electrons. The molecule has 0 radical (unpaired) electrons. The maximum absolute atomic E-state index is 11.9. The second kappa shape index (κ2) is 8.42. The van der Waals surface area contributed by atoms with E-state index < -0.39 is 5.97 Å². The molecule has 7 nitrogen and oxygen atoms in total. The number of carbonyl (C=O) groups excluding carboxylic acids is 1. The molecule has 1 aromatic carbocycles. The average Bonchev–Trinajstić information content (AvgIpc) is 2.95. The van der Waals surface area contributed by atoms with E-state index in [1.165, 1.54) is 6.34 Å². The number of rotatable bonds is 8. The van der Waals surface area contributed by atoms with E-state index in [1.807, 2.05) is 34.9 Å². The van der Waals surface area contributed by atoms with E-state index in [1.54, 1.807) is 6.33 Å². The lowest BCUT2D eigenvalue weighted by Gasteiger charge is -2.13. The zero-order valence-electron chi connectivity index (χ0n) is 14.5. The van der Waals surface area contributed by atoms with Crippen LogP contribution >= 0.6 is 0 Å². The molecular weight excluding hydrogens is 332 g/mol. The van der Waals surface area contributed by atoms with Crippen LogP contribution in [-0.4, -0.2) is 39.3 Å². The van der Waals surface area contributed by atoms with E-state index in [9.17, 15) is 14.7 Å². The highest BCUT2D eigenvalue weighted by Crippen LogP contribution is 2.19. The second-order valence-corrected chi connectivity index (χ2v) is 6.39. The Balaban J connectivity index is 1.52. The van der Waals surface area contributed by atoms with Gasteiger partial charge in [-0.15, -0.1) is 0 Å². The van der Waals surface area contributed by atoms with Gasteiger partial charge in [0.25, 0.3) is 0 Å². The van der Waals surface area contributed by atoms with Gasteiger partial charge in [0.2, 0.25) is 5.78 Å². The number of hydrogen-bond donors (Lipinski definition) is 2. The van der Waals surface area contributed by atoms with Crippen LogP contribution < -0.4 is 5.32 Å². The van der Waals surface area contributed by atoms with Crippen LogP contribution in [0.4, 0.5) is 5.82 Å². The molecule has 7 heteroatoms. The fourth-order valence-electron chi connectivity index (χ4n) is 3.10. The average molecular weight is 354 g/mol. The Morgan fingerprint density at radius 1 is 1.27 bits per heavy atom. The highest BCUT2D eigenvalue weighted by molar-refractivity contribution is 6.03. The zero-order chi connectivity index (χ0) is 18.4. The molecule has 0 fully saturated rings. The van der Waals surface area contributed by atoms with Gasteiger partial charge in [-0.25, -0.2) is 4.98 Å². The molecule has 26 heavy (non-hydrogen) atoms. The van der Waals surface area contributed by atoms with Crippen molar-refractivity contribution >= 4 is 23.9 Å². The van der Waals surface area contributed by atoms with E-state index in [0.717, 1.165) is 18.4 Å². The van der Waals surface area contributed by atoms with Crippen molar-refractivity contribution in [3.63, 3.8) is 0 Å². The van der Waals surface area contributed by atoms with Crippen LogP contribution in [0.1, 0.15) is 35.3 Å². The van der Waals surface area contributed by atoms with Crippen molar-refractivity contribution in [2.75, 3.05) is 11.9 Å². The molecule has 0 spiro atoms. The predicted molar refractivity (Wildman–Crippen MR) is 98.7 cm³/mol. The van der Waals surface area contributed by atoms with Crippen molar-refractivity contribution in [2.24, 2.45) is 10.9 Å². The largest absolute Gasteiger partial charge is 0.481 e. The quantitative estimate of drug-likeness (QED) is 0.710. The third-order valence-electron chi connectivity index (χ3n) is 4.51. The summed E-state index contributed by atoms with van der Waals surface area (Å²) < 4.78 is 1.89. The molecule has 2 N–H and O–H groups in total. The summed E-state index contributed by atoms with van der Waals surface area (Å²) in [5.41, 5.74) is 1.46. The van der Waals surface area contributed by atoms with E-state index in [2.05, 4.69) is 15.3 Å². The molecule has 0 amide bonds. The Kier molecular flexibility index (Phi) is 5.78. The molecule has 0 saturated heterocycles. The summed E-state index contributed by atoms with van der Waals surface area (Å²) in [6, 6.07) is 9.70. The molecule has 1 atom stereocenters. The summed E-state index contributed by atoms with van der Waals surface area (Å²) in [7, 11) is 0. The first-order valence-electron chi connectivity index (χ1n) is 8.75. The summed E-state index contributed by atoms with van der Waals surface area (Å²) in [6.07, 6.45) is 5.93. The number of fused-ring (bicyclic) bond motifs is 1. The second-order valence-electron chi connectivity index (χ2n) is 6.39. The van der Waals surface area contributed by atoms with Crippen molar-refractivity contribution in [3.05, 3.63) is 47.9 Å². The van der Waals surface area contributed by atoms with Crippen LogP contribution in [0.15, 0.2) is 41.7 Å². The number of ketones is 1. The van der Waals surface area contributed by atoms with Gasteiger partial charge >= 0.3 is 5.97 Å². The molecule has 2 heterocycles. The van der Waals surface area contributed by atoms with Crippen LogP contribution in [0.25, 0.3) is 0 Å². The number of aryl methyl sites for hydroxylation is 1. The third-order valence-corrected chi connectivity index (χ3v) is 4.51. The number of benzene rings is 1. The molecule has 1 unspecified atom stereocenters. The standard InChI is InChI=1S/C19H22N4O3/c24-16-11-20-12-21-18-17(16)22-13-23(18)9-5-4-8-15(19(25)26)10-14-6-2-1-3-7-14/h1-3,6-7,12-13,15H,4-5,8-11H2,(H,20,21)(H,25,26). The van der Waals surface area contributed by atoms with E-state index >= 15 is 0 Å². The molecule has 0 aliphatic carbocycles. The van der Waals surface area contributed by atoms with Crippen LogP contribution in [-0.2, 0) is 17.8 Å². The number of imidazole rings is 1. The van der Waals surface area contributed by atoms with Gasteiger partial charge in [0.15, 0.2) is 5.69 Å². The van der Waals surface area contributed by atoms with Crippen LogP contribution in [0.2, 0.25) is 0 Å². The van der Waals surface area contributed by atoms with Gasteiger partial charge in [-0.1, -0.05) is 36.8 Å². The zero-order valence-corrected chi connectivity index (χ0v) is 14.5. The number of nitrogens with zero attached hydrogens (tertiary/aromatic N) is 3. The minimum Gasteiger partial charge on any atom is -0.481 e. The fourth-order valence-corrected chi connectivity index (χ4v) is 3.10. The van der Waals surface area contributed by atoms with Crippen molar-refractivity contribution in [2.45, 2.75) is 32.2 Å². The first-order valence-corrected chi connectivity index (χ1v) is 8.75. The van der Waals surface area contributed by atoms with Gasteiger partial charge < -0.3 is 15.0 Å². The number of hydrogen-bond acceptors (Lipinski definition) is 5. The van der Waals surface area contributed by atoms with Crippen LogP contribution in [0.5, 0.6) is 0 Å². The lowest BCUT2D eigenvalue weighted by atomic mass is 9.94. The molecule has 2 aromatic rings. The van der Waals surface area contributed by atoms with Crippen LogP contribution in [0, 0.1) is 5.92 Å². The summed E-state index contributed by atoms with van der Waals surface area (Å²) in [5, 5.41) is 12.5. The molecule has 1 aromatic heterocycles. The van der Waals surface area contributed by atoms with Gasteiger partial charge in [0.05, 0.1) is 18.6 Å². The first kappa shape index (κ1) is 17.8. The van der Waals surface area contributed by atoms with Gasteiger partial charge in [-0.05, 0) is 24.8 Å². The van der Waals surface area contributed by atoms with Crippen molar-refractivity contribution in [1.29, 1.82) is 0 Å². The molecule has 3 rings (SSSR count). The van der Waals surface area contributed by atoms with E-state index in [4.69, 9.17) is 0 Å². The molecule has 0 saturated carbocycles. The number of nitrogens with one attached hydrogen (secondary N) is 1. The SMILES string of the molecule is O=C1CN=CNc2c1ncn2CCCCC(Cc1ccccc1)C(=O)O. The number of aliphatic carboxylic acids is 1. The molecule has 1 aliphatic heterocycles. The van der Waals surface area contributed by atoms with E-state index in [-0.39, 0.29) is 18.2 Å². The maximum atomic E-state index is 11.9. The highest BCUT2D eigenvalue weighted by Gasteiger charge is 2.20. The smallest absolute Gasteiger partial charge is 0.306 e. The topological polar surface area (TPSA) is 96.6 Å². The Bertz CT molecular complexity index is 798. The number of carboxylic acids is 1. The molecular formula is C19H22N4O3. The lowest BCUT2D eigenvalue weighted by molar-refractivity contribution is -0.142.